The Morgan fingerprint density at radius 2 is 0.943 bits per heavy atom. The van der Waals surface area contributed by atoms with Crippen molar-refractivity contribution in [1.82, 2.24) is 0 Å². The van der Waals surface area contributed by atoms with Crippen LogP contribution < -0.4 is 18.1 Å². The van der Waals surface area contributed by atoms with E-state index in [1.165, 1.54) is 27.5 Å². The number of unbranched alkanes of at least 4 members (excludes halogenated alkanes) is 2. The quantitative estimate of drug-likeness (QED) is 0.0799. The lowest BCUT2D eigenvalue weighted by molar-refractivity contribution is 0.337. The first-order chi connectivity index (χ1) is 34.3. The van der Waals surface area contributed by atoms with Gasteiger partial charge in [-0.2, -0.15) is 0 Å². The fraction of sp³-hybridized carbons (Fsp3) is 0.194. The topological polar surface area (TPSA) is 46.2 Å². The van der Waals surface area contributed by atoms with Crippen molar-refractivity contribution in [2.45, 2.75) is 82.9 Å². The SMILES string of the molecule is CCCCc1cc(C)cc(Sc2cc(C)cc(CCCC)c2OP(OC2=C/C=C\C=C\C=C\2)Oc2cccc3ccccc23)c1OP(C)Oc1cccc2ccccc12.Cc1cccc2ccccc12. The summed E-state index contributed by atoms with van der Waals surface area (Å²) in [4.78, 5) is 2.00. The van der Waals surface area contributed by atoms with E-state index in [1.807, 2.05) is 91.7 Å². The molecule has 8 aromatic carbocycles. The van der Waals surface area contributed by atoms with Gasteiger partial charge >= 0.3 is 8.60 Å². The van der Waals surface area contributed by atoms with Crippen LogP contribution in [0.2, 0.25) is 0 Å². The summed E-state index contributed by atoms with van der Waals surface area (Å²) in [5, 5.41) is 6.97. The summed E-state index contributed by atoms with van der Waals surface area (Å²) in [6, 6.07) is 52.6. The second kappa shape index (κ2) is 25.0. The molecule has 0 aliphatic heterocycles. The van der Waals surface area contributed by atoms with Gasteiger partial charge in [0.05, 0.1) is 9.79 Å². The van der Waals surface area contributed by atoms with Crippen molar-refractivity contribution in [1.29, 1.82) is 0 Å². The van der Waals surface area contributed by atoms with E-state index in [2.05, 4.69) is 144 Å². The van der Waals surface area contributed by atoms with Gasteiger partial charge in [0.25, 0.3) is 8.38 Å². The summed E-state index contributed by atoms with van der Waals surface area (Å²) in [6.07, 6.45) is 19.7. The van der Waals surface area contributed by atoms with E-state index in [0.29, 0.717) is 11.5 Å². The summed E-state index contributed by atoms with van der Waals surface area (Å²) < 4.78 is 34.2. The molecule has 2 atom stereocenters. The molecule has 0 saturated heterocycles. The van der Waals surface area contributed by atoms with Gasteiger partial charge in [0.2, 0.25) is 0 Å². The number of hydrogen-bond donors (Lipinski definition) is 0. The van der Waals surface area contributed by atoms with Crippen LogP contribution in [0.3, 0.4) is 0 Å². The minimum Gasteiger partial charge on any atom is -0.438 e. The highest BCUT2D eigenvalue weighted by Crippen LogP contribution is 2.53. The summed E-state index contributed by atoms with van der Waals surface area (Å²) in [5.74, 6) is 3.79. The molecule has 0 bridgehead atoms. The van der Waals surface area contributed by atoms with Gasteiger partial charge in [0.15, 0.2) is 0 Å². The van der Waals surface area contributed by atoms with Crippen LogP contribution in [0.4, 0.5) is 0 Å². The maximum absolute atomic E-state index is 7.12. The average molecular weight is 981 g/mol. The third-order valence-corrected chi connectivity index (χ3v) is 14.8. The van der Waals surface area contributed by atoms with Crippen molar-refractivity contribution in [3.63, 3.8) is 0 Å². The Kier molecular flexibility index (Phi) is 17.9. The molecule has 0 spiro atoms. The van der Waals surface area contributed by atoms with E-state index in [1.54, 1.807) is 11.8 Å². The van der Waals surface area contributed by atoms with Crippen LogP contribution >= 0.6 is 28.7 Å². The molecule has 9 rings (SSSR count). The molecule has 0 N–H and O–H groups in total. The minimum absolute atomic E-state index is 0.644. The third-order valence-electron chi connectivity index (χ3n) is 11.8. The van der Waals surface area contributed by atoms with Gasteiger partial charge in [0, 0.05) is 17.4 Å². The highest BCUT2D eigenvalue weighted by atomic mass is 32.2. The summed E-state index contributed by atoms with van der Waals surface area (Å²) in [5.41, 5.74) is 5.99. The van der Waals surface area contributed by atoms with E-state index in [4.69, 9.17) is 22.6 Å². The van der Waals surface area contributed by atoms with E-state index < -0.39 is 17.0 Å². The molecule has 0 radical (unpaired) electrons. The number of aryl methyl sites for hydroxylation is 5. The lowest BCUT2D eigenvalue weighted by Crippen LogP contribution is -2.04. The molecular formula is C62H62O5P2S. The molecule has 2 unspecified atom stereocenters. The van der Waals surface area contributed by atoms with Crippen LogP contribution in [0.25, 0.3) is 32.3 Å². The Balaban J connectivity index is 0.000000523. The minimum atomic E-state index is -1.99. The van der Waals surface area contributed by atoms with Crippen LogP contribution in [-0.2, 0) is 17.4 Å². The molecule has 0 heterocycles. The van der Waals surface area contributed by atoms with Crippen molar-refractivity contribution in [2.24, 2.45) is 0 Å². The maximum Gasteiger partial charge on any atom is 0.530 e. The highest BCUT2D eigenvalue weighted by molar-refractivity contribution is 7.99. The first-order valence-corrected chi connectivity index (χ1v) is 27.8. The molecule has 8 aromatic rings. The first-order valence-electron chi connectivity index (χ1n) is 24.3. The molecule has 0 saturated carbocycles. The highest BCUT2D eigenvalue weighted by Gasteiger charge is 2.27. The van der Waals surface area contributed by atoms with Crippen LogP contribution in [0.5, 0.6) is 23.0 Å². The Hall–Kier alpha value is -6.29. The van der Waals surface area contributed by atoms with Crippen LogP contribution in [0.1, 0.15) is 67.3 Å². The maximum atomic E-state index is 7.12. The molecule has 5 nitrogen and oxygen atoms in total. The number of allylic oxidation sites excluding steroid dienone is 7. The predicted molar refractivity (Wildman–Crippen MR) is 299 cm³/mol. The normalized spacial score (nSPS) is 15.0. The van der Waals surface area contributed by atoms with Gasteiger partial charge in [0.1, 0.15) is 28.8 Å². The molecule has 70 heavy (non-hydrogen) atoms. The second-order valence-corrected chi connectivity index (χ2v) is 20.7. The van der Waals surface area contributed by atoms with Gasteiger partial charge in [-0.05, 0) is 132 Å². The molecule has 1 aliphatic carbocycles. The zero-order chi connectivity index (χ0) is 48.7. The zero-order valence-corrected chi connectivity index (χ0v) is 43.7. The van der Waals surface area contributed by atoms with E-state index >= 15 is 0 Å². The number of rotatable bonds is 18. The third kappa shape index (κ3) is 13.3. The molecule has 0 amide bonds. The molecule has 0 fully saturated rings. The first kappa shape index (κ1) is 50.1. The smallest absolute Gasteiger partial charge is 0.438 e. The van der Waals surface area contributed by atoms with Crippen molar-refractivity contribution in [2.75, 3.05) is 6.66 Å². The van der Waals surface area contributed by atoms with Crippen molar-refractivity contribution >= 4 is 61.1 Å². The summed E-state index contributed by atoms with van der Waals surface area (Å²) in [7, 11) is -3.33. The van der Waals surface area contributed by atoms with E-state index in [0.717, 1.165) is 98.2 Å². The second-order valence-electron chi connectivity index (χ2n) is 17.4. The van der Waals surface area contributed by atoms with Gasteiger partial charge in [-0.25, -0.2) is 0 Å². The Labute approximate surface area is 421 Å². The number of fused-ring (bicyclic) bond motifs is 3. The fourth-order valence-electron chi connectivity index (χ4n) is 8.34. The van der Waals surface area contributed by atoms with E-state index in [-0.39, 0.29) is 0 Å². The van der Waals surface area contributed by atoms with Crippen LogP contribution in [-0.4, -0.2) is 6.66 Å². The summed E-state index contributed by atoms with van der Waals surface area (Å²) >= 11 is 1.67. The Morgan fingerprint density at radius 1 is 0.457 bits per heavy atom. The predicted octanol–water partition coefficient (Wildman–Crippen LogP) is 19.3. The monoisotopic (exact) mass is 980 g/mol. The van der Waals surface area contributed by atoms with Crippen molar-refractivity contribution in [3.8, 4) is 23.0 Å². The van der Waals surface area contributed by atoms with Gasteiger partial charge in [-0.3, -0.25) is 0 Å². The number of benzene rings is 8. The summed E-state index contributed by atoms with van der Waals surface area (Å²) in [6.45, 7) is 12.9. The van der Waals surface area contributed by atoms with Gasteiger partial charge in [-0.15, -0.1) is 0 Å². The lowest BCUT2D eigenvalue weighted by atomic mass is 10.0. The molecule has 356 valence electrons. The van der Waals surface area contributed by atoms with Crippen molar-refractivity contribution in [3.05, 3.63) is 228 Å². The fourth-order valence-corrected chi connectivity index (χ4v) is 11.8. The molecular weight excluding hydrogens is 919 g/mol. The van der Waals surface area contributed by atoms with E-state index in [9.17, 15) is 0 Å². The van der Waals surface area contributed by atoms with Crippen LogP contribution in [0, 0.1) is 20.8 Å². The van der Waals surface area contributed by atoms with Crippen molar-refractivity contribution < 1.29 is 22.6 Å². The molecule has 1 aliphatic rings. The number of hydrogen-bond acceptors (Lipinski definition) is 6. The van der Waals surface area contributed by atoms with Gasteiger partial charge < -0.3 is 22.6 Å². The standard InChI is InChI=1S/C51H52O5P2S.C11H10/c1-6-8-21-41-33-37(3)35-48(50(41)55-57(5)53-46-31-19-25-39-23-15-17-29-44(39)46)59-49-36-38(4)34-42(22-9-7-2)51(49)56-58(52-43-27-13-11-10-12-14-28-43)54-47-32-20-26-40-24-16-18-30-45(40)47;1-9-5-4-7-10-6-2-3-8-11(9)10/h10-20,23-36H,6-9,21-22H2,1-5H3;2-8H,1H3/b11-10+,12-10?,13-11?,14-12-,27-13+,28-14?,43-27?,43-28+;. The largest absolute Gasteiger partial charge is 0.530 e. The van der Waals surface area contributed by atoms with Crippen LogP contribution in [0.15, 0.2) is 210 Å². The Morgan fingerprint density at radius 3 is 1.53 bits per heavy atom. The lowest BCUT2D eigenvalue weighted by Gasteiger charge is -2.24. The Bertz CT molecular complexity index is 3160. The van der Waals surface area contributed by atoms with Gasteiger partial charge in [-0.1, -0.05) is 196 Å². The molecule has 0 aromatic heterocycles. The zero-order valence-electron chi connectivity index (χ0n) is 41.1. The molecule has 8 heteroatoms. The average Bonchev–Trinajstić information content (AvgIpc) is 3.35.